The van der Waals surface area contributed by atoms with Crippen LogP contribution in [-0.2, 0) is 4.79 Å². The lowest BCUT2D eigenvalue weighted by atomic mass is 9.92. The maximum absolute atomic E-state index is 12.6. The van der Waals surface area contributed by atoms with Crippen LogP contribution in [0.15, 0.2) is 0 Å². The first-order valence-corrected chi connectivity index (χ1v) is 8.47. The summed E-state index contributed by atoms with van der Waals surface area (Å²) in [5.41, 5.74) is 0. The van der Waals surface area contributed by atoms with Crippen LogP contribution in [0.25, 0.3) is 0 Å². The summed E-state index contributed by atoms with van der Waals surface area (Å²) in [6.45, 7) is 8.96. The van der Waals surface area contributed by atoms with Gasteiger partial charge in [0, 0.05) is 31.6 Å². The Morgan fingerprint density at radius 3 is 2.67 bits per heavy atom. The number of amides is 1. The fourth-order valence-electron chi connectivity index (χ4n) is 4.13. The lowest BCUT2D eigenvalue weighted by Gasteiger charge is -2.30. The zero-order valence-corrected chi connectivity index (χ0v) is 14.0. The van der Waals surface area contributed by atoms with E-state index in [4.69, 9.17) is 0 Å². The minimum Gasteiger partial charge on any atom is -0.342 e. The number of hydrogen-bond donors (Lipinski definition) is 1. The molecule has 3 aliphatic rings. The smallest absolute Gasteiger partial charge is 0.225 e. The second kappa shape index (κ2) is 7.80. The molecule has 4 nitrogen and oxygen atoms in total. The van der Waals surface area contributed by atoms with E-state index >= 15 is 0 Å². The predicted molar refractivity (Wildman–Crippen MR) is 87.8 cm³/mol. The highest BCUT2D eigenvalue weighted by Crippen LogP contribution is 2.25. The zero-order valence-electron chi connectivity index (χ0n) is 13.2. The third kappa shape index (κ3) is 4.33. The number of nitrogens with zero attached hydrogens (tertiary/aromatic N) is 2. The number of nitrogens with one attached hydrogen (secondary N) is 1. The van der Waals surface area contributed by atoms with Crippen molar-refractivity contribution in [2.75, 3.05) is 39.3 Å². The van der Waals surface area contributed by atoms with Crippen LogP contribution in [0.1, 0.15) is 39.0 Å². The van der Waals surface area contributed by atoms with Crippen molar-refractivity contribution < 1.29 is 4.79 Å². The Labute approximate surface area is 135 Å². The monoisotopic (exact) mass is 315 g/mol. The summed E-state index contributed by atoms with van der Waals surface area (Å²) in [7, 11) is 0. The molecule has 5 heteroatoms. The van der Waals surface area contributed by atoms with Gasteiger partial charge in [-0.25, -0.2) is 0 Å². The number of likely N-dealkylation sites (tertiary alicyclic amines) is 2. The van der Waals surface area contributed by atoms with Crippen molar-refractivity contribution in [3.63, 3.8) is 0 Å². The third-order valence-electron chi connectivity index (χ3n) is 5.29. The van der Waals surface area contributed by atoms with Crippen LogP contribution in [0.4, 0.5) is 0 Å². The lowest BCUT2D eigenvalue weighted by Crippen LogP contribution is -2.43. The molecule has 3 fully saturated rings. The molecule has 1 unspecified atom stereocenters. The van der Waals surface area contributed by atoms with Gasteiger partial charge in [-0.2, -0.15) is 0 Å². The van der Waals surface area contributed by atoms with E-state index < -0.39 is 0 Å². The third-order valence-corrected chi connectivity index (χ3v) is 5.29. The molecular formula is C16H30ClN3O. The zero-order chi connectivity index (χ0) is 13.9. The topological polar surface area (TPSA) is 35.6 Å². The molecule has 3 aliphatic heterocycles. The molecule has 0 radical (unpaired) electrons. The number of hydrogen-bond acceptors (Lipinski definition) is 3. The Morgan fingerprint density at radius 2 is 1.95 bits per heavy atom. The standard InChI is InChI=1S/C16H29N3O.ClH/c1-13-10-15(4-6-17-13)16(20)19-9-5-14(12-19)11-18-7-2-3-8-18;/h13-15,17H,2-12H2,1H3;1H/t13-,14?,15-;/m0./s1. The van der Waals surface area contributed by atoms with E-state index in [1.807, 2.05) is 0 Å². The second-order valence-electron chi connectivity index (χ2n) is 7.02. The van der Waals surface area contributed by atoms with Crippen molar-refractivity contribution >= 4 is 18.3 Å². The quantitative estimate of drug-likeness (QED) is 0.862. The van der Waals surface area contributed by atoms with Gasteiger partial charge in [0.05, 0.1) is 0 Å². The van der Waals surface area contributed by atoms with E-state index in [1.54, 1.807) is 0 Å². The van der Waals surface area contributed by atoms with E-state index in [1.165, 1.54) is 38.9 Å². The van der Waals surface area contributed by atoms with Gasteiger partial charge >= 0.3 is 0 Å². The number of rotatable bonds is 3. The molecule has 0 bridgehead atoms. The number of carbonyl (C=O) groups excluding carboxylic acids is 1. The van der Waals surface area contributed by atoms with E-state index in [-0.39, 0.29) is 18.3 Å². The summed E-state index contributed by atoms with van der Waals surface area (Å²) in [4.78, 5) is 17.4. The highest BCUT2D eigenvalue weighted by atomic mass is 35.5. The average Bonchev–Trinajstić information content (AvgIpc) is 3.10. The molecule has 1 amide bonds. The van der Waals surface area contributed by atoms with Crippen LogP contribution in [-0.4, -0.2) is 61.0 Å². The van der Waals surface area contributed by atoms with E-state index in [0.717, 1.165) is 38.4 Å². The Morgan fingerprint density at radius 1 is 1.19 bits per heavy atom. The molecule has 0 saturated carbocycles. The number of halogens is 1. The van der Waals surface area contributed by atoms with Gasteiger partial charge in [-0.05, 0) is 64.6 Å². The van der Waals surface area contributed by atoms with Gasteiger partial charge in [-0.15, -0.1) is 12.4 Å². The molecule has 3 rings (SSSR count). The van der Waals surface area contributed by atoms with Crippen LogP contribution in [0, 0.1) is 11.8 Å². The van der Waals surface area contributed by atoms with Gasteiger partial charge in [0.15, 0.2) is 0 Å². The summed E-state index contributed by atoms with van der Waals surface area (Å²) in [6, 6.07) is 0.501. The highest BCUT2D eigenvalue weighted by molar-refractivity contribution is 5.85. The molecule has 0 spiro atoms. The molecule has 3 heterocycles. The van der Waals surface area contributed by atoms with E-state index in [0.29, 0.717) is 11.9 Å². The second-order valence-corrected chi connectivity index (χ2v) is 7.02. The first-order valence-electron chi connectivity index (χ1n) is 8.47. The maximum atomic E-state index is 12.6. The fourth-order valence-corrected chi connectivity index (χ4v) is 4.13. The molecule has 1 N–H and O–H groups in total. The van der Waals surface area contributed by atoms with Gasteiger partial charge in [-0.1, -0.05) is 0 Å². The number of carbonyl (C=O) groups is 1. The molecule has 0 aliphatic carbocycles. The largest absolute Gasteiger partial charge is 0.342 e. The summed E-state index contributed by atoms with van der Waals surface area (Å²) < 4.78 is 0. The van der Waals surface area contributed by atoms with Gasteiger partial charge in [0.1, 0.15) is 0 Å². The average molecular weight is 316 g/mol. The lowest BCUT2D eigenvalue weighted by molar-refractivity contribution is -0.135. The van der Waals surface area contributed by atoms with Crippen LogP contribution in [0.3, 0.4) is 0 Å². The minimum absolute atomic E-state index is 0. The Bertz CT molecular complexity index is 346. The maximum Gasteiger partial charge on any atom is 0.225 e. The molecular weight excluding hydrogens is 286 g/mol. The molecule has 0 aromatic heterocycles. The van der Waals surface area contributed by atoms with Crippen molar-refractivity contribution in [1.29, 1.82) is 0 Å². The van der Waals surface area contributed by atoms with Crippen molar-refractivity contribution in [3.05, 3.63) is 0 Å². The van der Waals surface area contributed by atoms with Crippen molar-refractivity contribution in [2.45, 2.75) is 45.1 Å². The van der Waals surface area contributed by atoms with Crippen LogP contribution >= 0.6 is 12.4 Å². The summed E-state index contributed by atoms with van der Waals surface area (Å²) in [6.07, 6.45) is 5.98. The van der Waals surface area contributed by atoms with Crippen molar-refractivity contribution in [3.8, 4) is 0 Å². The summed E-state index contributed by atoms with van der Waals surface area (Å²) in [5, 5.41) is 3.44. The number of piperidine rings is 1. The minimum atomic E-state index is 0. The predicted octanol–water partition coefficient (Wildman–Crippen LogP) is 1.74. The summed E-state index contributed by atoms with van der Waals surface area (Å²) in [5.74, 6) is 1.43. The molecule has 3 atom stereocenters. The van der Waals surface area contributed by atoms with Crippen LogP contribution in [0.2, 0.25) is 0 Å². The molecule has 3 saturated heterocycles. The highest BCUT2D eigenvalue weighted by Gasteiger charge is 2.33. The van der Waals surface area contributed by atoms with Crippen molar-refractivity contribution in [2.24, 2.45) is 11.8 Å². The normalized spacial score (nSPS) is 34.0. The fraction of sp³-hybridized carbons (Fsp3) is 0.938. The molecule has 21 heavy (non-hydrogen) atoms. The van der Waals surface area contributed by atoms with Gasteiger partial charge in [0.2, 0.25) is 5.91 Å². The van der Waals surface area contributed by atoms with Gasteiger partial charge < -0.3 is 15.1 Å². The van der Waals surface area contributed by atoms with Crippen LogP contribution < -0.4 is 5.32 Å². The summed E-state index contributed by atoms with van der Waals surface area (Å²) >= 11 is 0. The van der Waals surface area contributed by atoms with Crippen LogP contribution in [0.5, 0.6) is 0 Å². The van der Waals surface area contributed by atoms with Crippen molar-refractivity contribution in [1.82, 2.24) is 15.1 Å². The van der Waals surface area contributed by atoms with E-state index in [9.17, 15) is 4.79 Å². The Kier molecular flexibility index (Phi) is 6.33. The molecule has 0 aromatic rings. The Hall–Kier alpha value is -0.320. The molecule has 0 aromatic carbocycles. The Balaban J connectivity index is 0.00000161. The van der Waals surface area contributed by atoms with Gasteiger partial charge in [0.25, 0.3) is 0 Å². The van der Waals surface area contributed by atoms with E-state index in [2.05, 4.69) is 22.0 Å². The first-order chi connectivity index (χ1) is 9.72. The molecule has 122 valence electrons. The first kappa shape index (κ1) is 17.0. The SMILES string of the molecule is C[C@H]1C[C@@H](C(=O)N2CCC(CN3CCCC3)C2)CCN1.Cl. The van der Waals surface area contributed by atoms with Gasteiger partial charge in [-0.3, -0.25) is 4.79 Å².